The molecule has 0 aliphatic carbocycles. The first-order valence-electron chi connectivity index (χ1n) is 8.89. The topological polar surface area (TPSA) is 60.2 Å². The van der Waals surface area contributed by atoms with Crippen molar-refractivity contribution < 1.29 is 9.53 Å². The van der Waals surface area contributed by atoms with Gasteiger partial charge in [0.2, 0.25) is 0 Å². The van der Waals surface area contributed by atoms with E-state index in [9.17, 15) is 4.79 Å². The van der Waals surface area contributed by atoms with E-state index in [4.69, 9.17) is 4.74 Å². The van der Waals surface area contributed by atoms with Gasteiger partial charge in [0.25, 0.3) is 5.91 Å². The molecule has 1 amide bonds. The highest BCUT2D eigenvalue weighted by atomic mass is 16.5. The Kier molecular flexibility index (Phi) is 5.81. The summed E-state index contributed by atoms with van der Waals surface area (Å²) in [5, 5.41) is 0. The van der Waals surface area contributed by atoms with E-state index in [0.29, 0.717) is 18.2 Å². The molecule has 1 aliphatic rings. The molecular weight excluding hydrogens is 316 g/mol. The number of likely N-dealkylation sites (tertiary alicyclic amines) is 1. The molecule has 0 saturated carbocycles. The van der Waals surface area contributed by atoms with E-state index >= 15 is 0 Å². The van der Waals surface area contributed by atoms with E-state index in [1.165, 1.54) is 5.69 Å². The normalized spacial score (nSPS) is 15.5. The molecular formula is C19H26N4O2. The molecule has 0 spiro atoms. The number of methoxy groups -OCH3 is 1. The van der Waals surface area contributed by atoms with Crippen LogP contribution in [0.5, 0.6) is 0 Å². The number of aromatic nitrogens is 3. The number of imidazole rings is 1. The number of amides is 1. The fourth-order valence-electron chi connectivity index (χ4n) is 3.45. The first-order chi connectivity index (χ1) is 12.2. The maximum atomic E-state index is 12.4. The molecule has 2 aromatic rings. The van der Waals surface area contributed by atoms with Crippen LogP contribution in [-0.4, -0.2) is 45.5 Å². The van der Waals surface area contributed by atoms with E-state index in [2.05, 4.69) is 21.5 Å². The molecule has 6 heteroatoms. The molecule has 0 bridgehead atoms. The zero-order valence-corrected chi connectivity index (χ0v) is 15.0. The standard InChI is InChI=1S/C19H26N4O2/c1-15-13-21-18(14-25-2)23(15)12-8-16-6-10-22(11-7-16)19(24)17-5-3-4-9-20-17/h3-5,9,13,16H,6-8,10-12,14H2,1-2H3. The van der Waals surface area contributed by atoms with Crippen LogP contribution in [0.1, 0.15) is 41.3 Å². The minimum atomic E-state index is 0.0480. The third kappa shape index (κ3) is 4.25. The molecule has 3 heterocycles. The van der Waals surface area contributed by atoms with Gasteiger partial charge in [0.1, 0.15) is 18.1 Å². The third-order valence-corrected chi connectivity index (χ3v) is 4.96. The lowest BCUT2D eigenvalue weighted by molar-refractivity contribution is 0.0678. The van der Waals surface area contributed by atoms with Crippen molar-refractivity contribution in [2.75, 3.05) is 20.2 Å². The second kappa shape index (κ2) is 8.25. The minimum Gasteiger partial charge on any atom is -0.377 e. The molecule has 6 nitrogen and oxygen atoms in total. The lowest BCUT2D eigenvalue weighted by Gasteiger charge is -2.32. The molecule has 0 radical (unpaired) electrons. The number of piperidine rings is 1. The summed E-state index contributed by atoms with van der Waals surface area (Å²) in [6.07, 6.45) is 6.78. The predicted molar refractivity (Wildman–Crippen MR) is 95.2 cm³/mol. The Balaban J connectivity index is 1.50. The lowest BCUT2D eigenvalue weighted by atomic mass is 9.93. The largest absolute Gasteiger partial charge is 0.377 e. The average Bonchev–Trinajstić information content (AvgIpc) is 3.00. The number of ether oxygens (including phenoxy) is 1. The zero-order chi connectivity index (χ0) is 17.6. The van der Waals surface area contributed by atoms with E-state index in [0.717, 1.165) is 44.7 Å². The molecule has 25 heavy (non-hydrogen) atoms. The van der Waals surface area contributed by atoms with Crippen molar-refractivity contribution in [3.05, 3.63) is 47.8 Å². The predicted octanol–water partition coefficient (Wildman–Crippen LogP) is 2.68. The zero-order valence-electron chi connectivity index (χ0n) is 15.0. The van der Waals surface area contributed by atoms with Gasteiger partial charge in [-0.1, -0.05) is 6.07 Å². The summed E-state index contributed by atoms with van der Waals surface area (Å²) in [7, 11) is 1.70. The second-order valence-corrected chi connectivity index (χ2v) is 6.64. The molecule has 134 valence electrons. The van der Waals surface area contributed by atoms with Gasteiger partial charge in [-0.15, -0.1) is 0 Å². The fraction of sp³-hybridized carbons (Fsp3) is 0.526. The number of carbonyl (C=O) groups is 1. The van der Waals surface area contributed by atoms with Crippen LogP contribution in [0.4, 0.5) is 0 Å². The Bertz CT molecular complexity index is 691. The van der Waals surface area contributed by atoms with Gasteiger partial charge < -0.3 is 14.2 Å². The molecule has 2 aromatic heterocycles. The second-order valence-electron chi connectivity index (χ2n) is 6.64. The van der Waals surface area contributed by atoms with Gasteiger partial charge in [-0.3, -0.25) is 9.78 Å². The summed E-state index contributed by atoms with van der Waals surface area (Å²) in [5.41, 5.74) is 1.72. The quantitative estimate of drug-likeness (QED) is 0.810. The highest BCUT2D eigenvalue weighted by molar-refractivity contribution is 5.92. The van der Waals surface area contributed by atoms with Gasteiger partial charge in [0, 0.05) is 44.8 Å². The van der Waals surface area contributed by atoms with Crippen molar-refractivity contribution in [2.24, 2.45) is 5.92 Å². The maximum Gasteiger partial charge on any atom is 0.272 e. The van der Waals surface area contributed by atoms with Crippen LogP contribution in [0.3, 0.4) is 0 Å². The van der Waals surface area contributed by atoms with Crippen LogP contribution in [0.25, 0.3) is 0 Å². The summed E-state index contributed by atoms with van der Waals surface area (Å²) in [6.45, 7) is 5.22. The number of carbonyl (C=O) groups excluding carboxylic acids is 1. The Morgan fingerprint density at radius 1 is 1.28 bits per heavy atom. The maximum absolute atomic E-state index is 12.4. The van der Waals surface area contributed by atoms with E-state index in [1.807, 2.05) is 23.2 Å². The number of aryl methyl sites for hydroxylation is 1. The minimum absolute atomic E-state index is 0.0480. The van der Waals surface area contributed by atoms with Crippen LogP contribution in [0.2, 0.25) is 0 Å². The number of pyridine rings is 1. The summed E-state index contributed by atoms with van der Waals surface area (Å²) in [5.74, 6) is 1.68. The Morgan fingerprint density at radius 2 is 2.08 bits per heavy atom. The monoisotopic (exact) mass is 342 g/mol. The van der Waals surface area contributed by atoms with Gasteiger partial charge in [0.05, 0.1) is 0 Å². The highest BCUT2D eigenvalue weighted by Crippen LogP contribution is 2.23. The molecule has 0 unspecified atom stereocenters. The smallest absolute Gasteiger partial charge is 0.272 e. The molecule has 1 fully saturated rings. The van der Waals surface area contributed by atoms with Crippen molar-refractivity contribution in [2.45, 2.75) is 39.3 Å². The van der Waals surface area contributed by atoms with E-state index in [-0.39, 0.29) is 5.91 Å². The number of nitrogens with zero attached hydrogens (tertiary/aromatic N) is 4. The Morgan fingerprint density at radius 3 is 2.76 bits per heavy atom. The average molecular weight is 342 g/mol. The number of rotatable bonds is 6. The van der Waals surface area contributed by atoms with Crippen LogP contribution in [0.15, 0.2) is 30.6 Å². The first kappa shape index (κ1) is 17.6. The summed E-state index contributed by atoms with van der Waals surface area (Å²) >= 11 is 0. The highest BCUT2D eigenvalue weighted by Gasteiger charge is 2.24. The number of hydrogen-bond donors (Lipinski definition) is 0. The Labute approximate surface area is 148 Å². The molecule has 1 saturated heterocycles. The van der Waals surface area contributed by atoms with E-state index < -0.39 is 0 Å². The first-order valence-corrected chi connectivity index (χ1v) is 8.89. The van der Waals surface area contributed by atoms with Gasteiger partial charge >= 0.3 is 0 Å². The van der Waals surface area contributed by atoms with Crippen LogP contribution >= 0.6 is 0 Å². The van der Waals surface area contributed by atoms with Crippen LogP contribution in [-0.2, 0) is 17.9 Å². The molecule has 0 atom stereocenters. The van der Waals surface area contributed by atoms with E-state index in [1.54, 1.807) is 19.4 Å². The summed E-state index contributed by atoms with van der Waals surface area (Å²) in [6, 6.07) is 5.48. The molecule has 1 aliphatic heterocycles. The lowest BCUT2D eigenvalue weighted by Crippen LogP contribution is -2.39. The summed E-state index contributed by atoms with van der Waals surface area (Å²) < 4.78 is 7.47. The SMILES string of the molecule is COCc1ncc(C)n1CCC1CCN(C(=O)c2ccccn2)CC1. The number of hydrogen-bond acceptors (Lipinski definition) is 4. The van der Waals surface area contributed by atoms with Crippen molar-refractivity contribution in [1.29, 1.82) is 0 Å². The Hall–Kier alpha value is -2.21. The summed E-state index contributed by atoms with van der Waals surface area (Å²) in [4.78, 5) is 23.0. The van der Waals surface area contributed by atoms with Crippen molar-refractivity contribution in [3.8, 4) is 0 Å². The molecule has 0 aromatic carbocycles. The van der Waals surface area contributed by atoms with Gasteiger partial charge in [-0.2, -0.15) is 0 Å². The molecule has 3 rings (SSSR count). The van der Waals surface area contributed by atoms with Crippen LogP contribution in [0, 0.1) is 12.8 Å². The van der Waals surface area contributed by atoms with Gasteiger partial charge in [-0.05, 0) is 44.2 Å². The van der Waals surface area contributed by atoms with Crippen molar-refractivity contribution in [1.82, 2.24) is 19.4 Å². The van der Waals surface area contributed by atoms with Crippen molar-refractivity contribution in [3.63, 3.8) is 0 Å². The van der Waals surface area contributed by atoms with Crippen LogP contribution < -0.4 is 0 Å². The molecule has 0 N–H and O–H groups in total. The van der Waals surface area contributed by atoms with Gasteiger partial charge in [0.15, 0.2) is 0 Å². The van der Waals surface area contributed by atoms with Gasteiger partial charge in [-0.25, -0.2) is 4.98 Å². The van der Waals surface area contributed by atoms with Crippen molar-refractivity contribution >= 4 is 5.91 Å². The third-order valence-electron chi connectivity index (χ3n) is 4.96. The fourth-order valence-corrected chi connectivity index (χ4v) is 3.45.